The highest BCUT2D eigenvalue weighted by molar-refractivity contribution is 7.17. The molecule has 1 amide bonds. The van der Waals surface area contributed by atoms with Crippen LogP contribution < -0.4 is 5.32 Å². The molecular formula is C8H10ClN3O3S. The van der Waals surface area contributed by atoms with Crippen molar-refractivity contribution < 1.29 is 14.3 Å². The Morgan fingerprint density at radius 2 is 2.25 bits per heavy atom. The van der Waals surface area contributed by atoms with Gasteiger partial charge < -0.3 is 10.1 Å². The van der Waals surface area contributed by atoms with Crippen molar-refractivity contribution >= 4 is 34.8 Å². The average molecular weight is 264 g/mol. The van der Waals surface area contributed by atoms with Crippen LogP contribution in [0.4, 0.5) is 0 Å². The molecule has 0 bridgehead atoms. The Labute approximate surface area is 101 Å². The van der Waals surface area contributed by atoms with Crippen molar-refractivity contribution in [2.24, 2.45) is 0 Å². The molecule has 0 aliphatic rings. The van der Waals surface area contributed by atoms with Crippen molar-refractivity contribution in [3.05, 3.63) is 9.47 Å². The molecule has 0 aliphatic heterocycles. The number of aromatic nitrogens is 2. The summed E-state index contributed by atoms with van der Waals surface area (Å²) in [6, 6.07) is 0. The van der Waals surface area contributed by atoms with E-state index in [-0.39, 0.29) is 27.8 Å². The first-order chi connectivity index (χ1) is 7.63. The highest BCUT2D eigenvalue weighted by Gasteiger charge is 2.11. The molecule has 0 saturated heterocycles. The van der Waals surface area contributed by atoms with Gasteiger partial charge in [-0.1, -0.05) is 11.3 Å². The van der Waals surface area contributed by atoms with E-state index in [0.717, 1.165) is 11.3 Å². The third kappa shape index (κ3) is 4.11. The fourth-order valence-electron chi connectivity index (χ4n) is 0.909. The van der Waals surface area contributed by atoms with E-state index in [1.165, 1.54) is 7.11 Å². The SMILES string of the molecule is COC(=O)CCCNC(=O)c1nnc(Cl)s1. The summed E-state index contributed by atoms with van der Waals surface area (Å²) in [5, 5.41) is 9.89. The minimum atomic E-state index is -0.339. The number of methoxy groups -OCH3 is 1. The van der Waals surface area contributed by atoms with Crippen LogP contribution in [0.1, 0.15) is 22.6 Å². The molecule has 0 atom stereocenters. The van der Waals surface area contributed by atoms with Gasteiger partial charge in [0.25, 0.3) is 5.91 Å². The zero-order valence-corrected chi connectivity index (χ0v) is 10.1. The van der Waals surface area contributed by atoms with Gasteiger partial charge in [0, 0.05) is 13.0 Å². The number of carbonyl (C=O) groups excluding carboxylic acids is 2. The summed E-state index contributed by atoms with van der Waals surface area (Å²) in [6.07, 6.45) is 0.790. The Morgan fingerprint density at radius 3 is 2.81 bits per heavy atom. The fourth-order valence-corrected chi connectivity index (χ4v) is 1.65. The molecule has 1 heterocycles. The van der Waals surface area contributed by atoms with Gasteiger partial charge in [-0.25, -0.2) is 0 Å². The molecule has 0 aliphatic carbocycles. The molecule has 0 unspecified atom stereocenters. The van der Waals surface area contributed by atoms with E-state index in [1.54, 1.807) is 0 Å². The fraction of sp³-hybridized carbons (Fsp3) is 0.500. The quantitative estimate of drug-likeness (QED) is 0.630. The molecule has 88 valence electrons. The molecule has 6 nitrogen and oxygen atoms in total. The predicted octanol–water partition coefficient (Wildman–Crippen LogP) is 0.875. The smallest absolute Gasteiger partial charge is 0.305 e. The van der Waals surface area contributed by atoms with Crippen LogP contribution in [0.2, 0.25) is 4.47 Å². The molecule has 1 rings (SSSR count). The second-order valence-corrected chi connectivity index (χ2v) is 4.36. The van der Waals surface area contributed by atoms with E-state index in [2.05, 4.69) is 20.3 Å². The van der Waals surface area contributed by atoms with Crippen LogP contribution in [0.25, 0.3) is 0 Å². The maximum absolute atomic E-state index is 11.4. The number of carbonyl (C=O) groups is 2. The van der Waals surface area contributed by atoms with E-state index in [0.29, 0.717) is 13.0 Å². The lowest BCUT2D eigenvalue weighted by molar-refractivity contribution is -0.140. The number of ether oxygens (including phenoxy) is 1. The molecule has 0 spiro atoms. The summed E-state index contributed by atoms with van der Waals surface area (Å²) in [5.74, 6) is -0.637. The van der Waals surface area contributed by atoms with E-state index in [4.69, 9.17) is 11.6 Å². The summed E-state index contributed by atoms with van der Waals surface area (Å²) < 4.78 is 4.68. The number of hydrogen-bond donors (Lipinski definition) is 1. The Morgan fingerprint density at radius 1 is 1.50 bits per heavy atom. The van der Waals surface area contributed by atoms with Crippen molar-refractivity contribution in [2.75, 3.05) is 13.7 Å². The highest BCUT2D eigenvalue weighted by atomic mass is 35.5. The van der Waals surface area contributed by atoms with Gasteiger partial charge in [0.15, 0.2) is 0 Å². The molecule has 1 N–H and O–H groups in total. The third-order valence-corrected chi connectivity index (χ3v) is 2.68. The van der Waals surface area contributed by atoms with Crippen molar-refractivity contribution in [1.82, 2.24) is 15.5 Å². The standard InChI is InChI=1S/C8H10ClN3O3S/c1-15-5(13)3-2-4-10-6(14)7-11-12-8(9)16-7/h2-4H2,1H3,(H,10,14). The molecule has 0 radical (unpaired) electrons. The summed E-state index contributed by atoms with van der Waals surface area (Å²) in [4.78, 5) is 22.2. The first-order valence-electron chi connectivity index (χ1n) is 4.47. The molecule has 16 heavy (non-hydrogen) atoms. The molecule has 0 aromatic carbocycles. The number of nitrogens with zero attached hydrogens (tertiary/aromatic N) is 2. The Balaban J connectivity index is 2.23. The molecule has 1 aromatic heterocycles. The van der Waals surface area contributed by atoms with Crippen LogP contribution in [0.15, 0.2) is 0 Å². The van der Waals surface area contributed by atoms with Crippen molar-refractivity contribution in [1.29, 1.82) is 0 Å². The number of amides is 1. The topological polar surface area (TPSA) is 81.2 Å². The summed E-state index contributed by atoms with van der Waals surface area (Å²) in [6.45, 7) is 0.380. The van der Waals surface area contributed by atoms with Crippen LogP contribution in [0.3, 0.4) is 0 Å². The number of halogens is 1. The van der Waals surface area contributed by atoms with Gasteiger partial charge >= 0.3 is 5.97 Å². The minimum Gasteiger partial charge on any atom is -0.469 e. The number of nitrogens with one attached hydrogen (secondary N) is 1. The monoisotopic (exact) mass is 263 g/mol. The summed E-state index contributed by atoms with van der Waals surface area (Å²) in [5.41, 5.74) is 0. The van der Waals surface area contributed by atoms with Crippen molar-refractivity contribution in [3.8, 4) is 0 Å². The van der Waals surface area contributed by atoms with Gasteiger partial charge in [0.2, 0.25) is 9.47 Å². The average Bonchev–Trinajstić information content (AvgIpc) is 2.70. The lowest BCUT2D eigenvalue weighted by Crippen LogP contribution is -2.24. The minimum absolute atomic E-state index is 0.211. The largest absolute Gasteiger partial charge is 0.469 e. The first kappa shape index (κ1) is 12.9. The molecule has 0 saturated carbocycles. The number of rotatable bonds is 5. The van der Waals surface area contributed by atoms with Gasteiger partial charge in [0.05, 0.1) is 7.11 Å². The van der Waals surface area contributed by atoms with Crippen LogP contribution in [-0.4, -0.2) is 35.7 Å². The van der Waals surface area contributed by atoms with Crippen molar-refractivity contribution in [2.45, 2.75) is 12.8 Å². The van der Waals surface area contributed by atoms with E-state index >= 15 is 0 Å². The molecule has 1 aromatic rings. The maximum Gasteiger partial charge on any atom is 0.305 e. The maximum atomic E-state index is 11.4. The second-order valence-electron chi connectivity index (χ2n) is 2.80. The molecule has 0 fully saturated rings. The Bertz CT molecular complexity index is 382. The predicted molar refractivity (Wildman–Crippen MR) is 58.5 cm³/mol. The van der Waals surface area contributed by atoms with Gasteiger partial charge in [-0.05, 0) is 18.0 Å². The third-order valence-electron chi connectivity index (χ3n) is 1.67. The van der Waals surface area contributed by atoms with Crippen LogP contribution in [0.5, 0.6) is 0 Å². The van der Waals surface area contributed by atoms with Crippen LogP contribution in [0, 0.1) is 0 Å². The van der Waals surface area contributed by atoms with Gasteiger partial charge in [-0.2, -0.15) is 0 Å². The van der Waals surface area contributed by atoms with Gasteiger partial charge in [0.1, 0.15) is 0 Å². The number of hydrogen-bond acceptors (Lipinski definition) is 6. The zero-order chi connectivity index (χ0) is 12.0. The first-order valence-corrected chi connectivity index (χ1v) is 5.67. The highest BCUT2D eigenvalue weighted by Crippen LogP contribution is 2.14. The van der Waals surface area contributed by atoms with Gasteiger partial charge in [-0.3, -0.25) is 9.59 Å². The normalized spacial score (nSPS) is 9.88. The zero-order valence-electron chi connectivity index (χ0n) is 8.53. The molecule has 8 heteroatoms. The summed E-state index contributed by atoms with van der Waals surface area (Å²) >= 11 is 6.53. The van der Waals surface area contributed by atoms with E-state index in [1.807, 2.05) is 0 Å². The van der Waals surface area contributed by atoms with Crippen LogP contribution >= 0.6 is 22.9 Å². The Hall–Kier alpha value is -1.21. The summed E-state index contributed by atoms with van der Waals surface area (Å²) in [7, 11) is 1.32. The molecular weight excluding hydrogens is 254 g/mol. The lowest BCUT2D eigenvalue weighted by atomic mass is 10.3. The van der Waals surface area contributed by atoms with Crippen molar-refractivity contribution in [3.63, 3.8) is 0 Å². The second kappa shape index (κ2) is 6.39. The van der Waals surface area contributed by atoms with E-state index < -0.39 is 0 Å². The lowest BCUT2D eigenvalue weighted by Gasteiger charge is -2.01. The van der Waals surface area contributed by atoms with E-state index in [9.17, 15) is 9.59 Å². The number of esters is 1. The Kier molecular flexibility index (Phi) is 5.13. The van der Waals surface area contributed by atoms with Crippen LogP contribution in [-0.2, 0) is 9.53 Å². The van der Waals surface area contributed by atoms with Gasteiger partial charge in [-0.15, -0.1) is 10.2 Å².